The van der Waals surface area contributed by atoms with Crippen molar-refractivity contribution in [2.24, 2.45) is 5.92 Å². The summed E-state index contributed by atoms with van der Waals surface area (Å²) in [5.74, 6) is 1.28. The molecule has 0 aliphatic rings. The molecule has 2 aromatic rings. The van der Waals surface area contributed by atoms with Crippen LogP contribution in [-0.4, -0.2) is 14.5 Å². The number of nitrogens with zero attached hydrogens (tertiary/aromatic N) is 3. The van der Waals surface area contributed by atoms with Crippen LogP contribution < -0.4 is 5.73 Å². The lowest BCUT2D eigenvalue weighted by Gasteiger charge is -2.16. The van der Waals surface area contributed by atoms with Crippen molar-refractivity contribution in [1.82, 2.24) is 14.5 Å². The summed E-state index contributed by atoms with van der Waals surface area (Å²) in [7, 11) is 0. The Hall–Kier alpha value is -1.58. The highest BCUT2D eigenvalue weighted by atomic mass is 15.2. The second kappa shape index (κ2) is 4.96. The van der Waals surface area contributed by atoms with E-state index in [0.717, 1.165) is 23.3 Å². The zero-order valence-electron chi connectivity index (χ0n) is 11.6. The van der Waals surface area contributed by atoms with Crippen molar-refractivity contribution in [3.63, 3.8) is 0 Å². The molecule has 0 bridgehead atoms. The molecule has 0 saturated heterocycles. The summed E-state index contributed by atoms with van der Waals surface area (Å²) in [5, 5.41) is 0. The van der Waals surface area contributed by atoms with Gasteiger partial charge in [0.05, 0.1) is 0 Å². The predicted molar refractivity (Wildman–Crippen MR) is 75.5 cm³/mol. The number of pyridine rings is 1. The predicted octanol–water partition coefficient (Wildman–Crippen LogP) is 3.32. The summed E-state index contributed by atoms with van der Waals surface area (Å²) in [5.41, 5.74) is 8.81. The second-order valence-electron chi connectivity index (χ2n) is 5.46. The molecule has 98 valence electrons. The van der Waals surface area contributed by atoms with Crippen LogP contribution in [0.4, 0.5) is 5.95 Å². The maximum atomic E-state index is 6.02. The highest BCUT2D eigenvalue weighted by Crippen LogP contribution is 2.25. The number of aromatic nitrogens is 3. The van der Waals surface area contributed by atoms with Crippen LogP contribution >= 0.6 is 0 Å². The van der Waals surface area contributed by atoms with Gasteiger partial charge in [-0.1, -0.05) is 13.8 Å². The fourth-order valence-corrected chi connectivity index (χ4v) is 2.22. The van der Waals surface area contributed by atoms with Crippen molar-refractivity contribution in [3.8, 4) is 0 Å². The molecule has 2 rings (SSSR count). The van der Waals surface area contributed by atoms with Gasteiger partial charge in [0.2, 0.25) is 5.95 Å². The Morgan fingerprint density at radius 1 is 1.17 bits per heavy atom. The topological polar surface area (TPSA) is 56.7 Å². The van der Waals surface area contributed by atoms with E-state index in [9.17, 15) is 0 Å². The van der Waals surface area contributed by atoms with E-state index in [-0.39, 0.29) is 0 Å². The Labute approximate surface area is 108 Å². The van der Waals surface area contributed by atoms with Gasteiger partial charge in [-0.05, 0) is 44.7 Å². The lowest BCUT2D eigenvalue weighted by molar-refractivity contribution is 0.448. The Morgan fingerprint density at radius 3 is 2.56 bits per heavy atom. The molecule has 2 N–H and O–H groups in total. The van der Waals surface area contributed by atoms with Gasteiger partial charge >= 0.3 is 0 Å². The number of rotatable bonds is 4. The van der Waals surface area contributed by atoms with Gasteiger partial charge in [-0.25, -0.2) is 9.97 Å². The van der Waals surface area contributed by atoms with E-state index in [1.54, 1.807) is 0 Å². The minimum atomic E-state index is 0.340. The molecule has 0 saturated carbocycles. The van der Waals surface area contributed by atoms with Crippen molar-refractivity contribution in [2.45, 2.75) is 46.6 Å². The fraction of sp³-hybridized carbons (Fsp3) is 0.571. The second-order valence-corrected chi connectivity index (χ2v) is 5.46. The lowest BCUT2D eigenvalue weighted by atomic mass is 10.0. The van der Waals surface area contributed by atoms with Crippen molar-refractivity contribution in [2.75, 3.05) is 5.73 Å². The Balaban J connectivity index is 2.36. The van der Waals surface area contributed by atoms with Crippen LogP contribution in [0.25, 0.3) is 11.2 Å². The molecule has 0 aromatic carbocycles. The SMILES string of the molecule is Cc1ccc2nc(N)n(C(C)CCC(C)C)c2n1. The number of aryl methyl sites for hydroxylation is 1. The van der Waals surface area contributed by atoms with Crippen LogP contribution in [0.5, 0.6) is 0 Å². The molecule has 4 nitrogen and oxygen atoms in total. The van der Waals surface area contributed by atoms with E-state index >= 15 is 0 Å². The number of imidazole rings is 1. The van der Waals surface area contributed by atoms with Gasteiger partial charge in [-0.15, -0.1) is 0 Å². The highest BCUT2D eigenvalue weighted by Gasteiger charge is 2.15. The van der Waals surface area contributed by atoms with Crippen LogP contribution in [0.15, 0.2) is 12.1 Å². The minimum Gasteiger partial charge on any atom is -0.369 e. The van der Waals surface area contributed by atoms with Crippen LogP contribution in [-0.2, 0) is 0 Å². The maximum Gasteiger partial charge on any atom is 0.202 e. The molecule has 0 spiro atoms. The summed E-state index contributed by atoms with van der Waals surface area (Å²) in [6.07, 6.45) is 2.29. The number of hydrogen-bond donors (Lipinski definition) is 1. The summed E-state index contributed by atoms with van der Waals surface area (Å²) in [6, 6.07) is 4.30. The molecule has 2 aromatic heterocycles. The normalized spacial score (nSPS) is 13.4. The van der Waals surface area contributed by atoms with Crippen LogP contribution in [0.2, 0.25) is 0 Å². The van der Waals surface area contributed by atoms with Crippen molar-refractivity contribution < 1.29 is 0 Å². The number of anilines is 1. The van der Waals surface area contributed by atoms with Gasteiger partial charge in [0.1, 0.15) is 5.52 Å². The monoisotopic (exact) mass is 246 g/mol. The molecule has 0 amide bonds. The maximum absolute atomic E-state index is 6.02. The first-order chi connectivity index (χ1) is 8.49. The van der Waals surface area contributed by atoms with Gasteiger partial charge in [0, 0.05) is 11.7 Å². The lowest BCUT2D eigenvalue weighted by Crippen LogP contribution is -2.10. The summed E-state index contributed by atoms with van der Waals surface area (Å²) in [6.45, 7) is 8.66. The Kier molecular flexibility index (Phi) is 3.55. The number of fused-ring (bicyclic) bond motifs is 1. The van der Waals surface area contributed by atoms with Gasteiger partial charge in [-0.3, -0.25) is 4.57 Å². The number of nitrogen functional groups attached to an aromatic ring is 1. The van der Waals surface area contributed by atoms with Crippen molar-refractivity contribution >= 4 is 17.1 Å². The minimum absolute atomic E-state index is 0.340. The van der Waals surface area contributed by atoms with Gasteiger partial charge < -0.3 is 5.73 Å². The van der Waals surface area contributed by atoms with E-state index in [4.69, 9.17) is 5.73 Å². The molecule has 0 aliphatic heterocycles. The molecular weight excluding hydrogens is 224 g/mol. The third-order valence-electron chi connectivity index (χ3n) is 3.31. The van der Waals surface area contributed by atoms with Crippen molar-refractivity contribution in [1.29, 1.82) is 0 Å². The molecule has 1 atom stereocenters. The molecule has 0 fully saturated rings. The fourth-order valence-electron chi connectivity index (χ4n) is 2.22. The zero-order valence-corrected chi connectivity index (χ0v) is 11.6. The van der Waals surface area contributed by atoms with E-state index in [2.05, 4.69) is 35.3 Å². The summed E-state index contributed by atoms with van der Waals surface area (Å²) in [4.78, 5) is 8.95. The molecule has 4 heteroatoms. The standard InChI is InChI=1S/C14H22N4/c1-9(2)5-7-11(4)18-13-12(17-14(18)15)8-6-10(3)16-13/h6,8-9,11H,5,7H2,1-4H3,(H2,15,17). The Bertz CT molecular complexity index is 542. The van der Waals surface area contributed by atoms with E-state index in [1.807, 2.05) is 19.1 Å². The van der Waals surface area contributed by atoms with Gasteiger partial charge in [0.25, 0.3) is 0 Å². The van der Waals surface area contributed by atoms with Gasteiger partial charge in [0.15, 0.2) is 5.65 Å². The van der Waals surface area contributed by atoms with Crippen molar-refractivity contribution in [3.05, 3.63) is 17.8 Å². The van der Waals surface area contributed by atoms with Crippen LogP contribution in [0, 0.1) is 12.8 Å². The number of hydrogen-bond acceptors (Lipinski definition) is 3. The molecule has 18 heavy (non-hydrogen) atoms. The molecule has 0 radical (unpaired) electrons. The van der Waals surface area contributed by atoms with E-state index < -0.39 is 0 Å². The Morgan fingerprint density at radius 2 is 1.89 bits per heavy atom. The largest absolute Gasteiger partial charge is 0.369 e. The molecule has 2 heterocycles. The van der Waals surface area contributed by atoms with Gasteiger partial charge in [-0.2, -0.15) is 0 Å². The van der Waals surface area contributed by atoms with E-state index in [0.29, 0.717) is 17.9 Å². The first-order valence-corrected chi connectivity index (χ1v) is 6.60. The molecule has 1 unspecified atom stereocenters. The first kappa shape index (κ1) is 12.9. The average Bonchev–Trinajstić information content (AvgIpc) is 2.61. The van der Waals surface area contributed by atoms with Crippen LogP contribution in [0.1, 0.15) is 45.3 Å². The molecular formula is C14H22N4. The third-order valence-corrected chi connectivity index (χ3v) is 3.31. The summed E-state index contributed by atoms with van der Waals surface area (Å²) >= 11 is 0. The van der Waals surface area contributed by atoms with E-state index in [1.165, 1.54) is 6.42 Å². The highest BCUT2D eigenvalue weighted by molar-refractivity contribution is 5.74. The van der Waals surface area contributed by atoms with Crippen LogP contribution in [0.3, 0.4) is 0 Å². The zero-order chi connectivity index (χ0) is 13.3. The molecule has 0 aliphatic carbocycles. The quantitative estimate of drug-likeness (QED) is 0.900. The summed E-state index contributed by atoms with van der Waals surface area (Å²) < 4.78 is 2.06. The first-order valence-electron chi connectivity index (χ1n) is 6.60. The average molecular weight is 246 g/mol. The third kappa shape index (κ3) is 2.47. The number of nitrogens with two attached hydrogens (primary N) is 1. The smallest absolute Gasteiger partial charge is 0.202 e.